The maximum atomic E-state index is 5.28. The average molecular weight is 259 g/mol. The molecular weight excluding hydrogens is 242 g/mol. The van der Waals surface area contributed by atoms with Crippen LogP contribution in [0.4, 0.5) is 0 Å². The van der Waals surface area contributed by atoms with Crippen molar-refractivity contribution < 1.29 is 9.26 Å². The zero-order chi connectivity index (χ0) is 13.1. The number of hydrogen-bond donors (Lipinski definition) is 1. The van der Waals surface area contributed by atoms with E-state index in [9.17, 15) is 0 Å². The van der Waals surface area contributed by atoms with Crippen molar-refractivity contribution in [2.45, 2.75) is 31.8 Å². The molecule has 5 heteroatoms. The molecule has 1 aromatic heterocycles. The van der Waals surface area contributed by atoms with Gasteiger partial charge in [-0.15, -0.1) is 0 Å². The van der Waals surface area contributed by atoms with Gasteiger partial charge in [-0.2, -0.15) is 4.98 Å². The largest absolute Gasteiger partial charge is 0.497 e. The molecule has 5 nitrogen and oxygen atoms in total. The van der Waals surface area contributed by atoms with Gasteiger partial charge in [-0.1, -0.05) is 11.2 Å². The fourth-order valence-corrected chi connectivity index (χ4v) is 2.54. The first-order valence-corrected chi connectivity index (χ1v) is 6.49. The molecule has 1 unspecified atom stereocenters. The highest BCUT2D eigenvalue weighted by Crippen LogP contribution is 2.25. The van der Waals surface area contributed by atoms with E-state index in [2.05, 4.69) is 27.6 Å². The molecule has 3 rings (SSSR count). The third-order valence-electron chi connectivity index (χ3n) is 3.60. The molecule has 0 amide bonds. The first-order valence-electron chi connectivity index (χ1n) is 6.49. The summed E-state index contributed by atoms with van der Waals surface area (Å²) in [7, 11) is 1.70. The van der Waals surface area contributed by atoms with Crippen LogP contribution in [0.2, 0.25) is 0 Å². The van der Waals surface area contributed by atoms with Gasteiger partial charge < -0.3 is 14.6 Å². The van der Waals surface area contributed by atoms with Gasteiger partial charge in [0.1, 0.15) is 5.75 Å². The van der Waals surface area contributed by atoms with E-state index in [4.69, 9.17) is 9.26 Å². The van der Waals surface area contributed by atoms with Gasteiger partial charge >= 0.3 is 0 Å². The Bertz CT molecular complexity index is 540. The normalized spacial score (nSPS) is 18.1. The summed E-state index contributed by atoms with van der Waals surface area (Å²) in [4.78, 5) is 4.01. The van der Waals surface area contributed by atoms with Crippen LogP contribution in [0.1, 0.15) is 23.4 Å². The van der Waals surface area contributed by atoms with Crippen LogP contribution in [0.3, 0.4) is 0 Å². The highest BCUT2D eigenvalue weighted by Gasteiger charge is 2.19. The van der Waals surface area contributed by atoms with Crippen LogP contribution in [0.5, 0.6) is 5.75 Å². The lowest BCUT2D eigenvalue weighted by Gasteiger charge is -2.25. The lowest BCUT2D eigenvalue weighted by Crippen LogP contribution is -2.34. The summed E-state index contributed by atoms with van der Waals surface area (Å²) >= 11 is 0. The number of nitrogens with one attached hydrogen (secondary N) is 1. The van der Waals surface area contributed by atoms with Crippen molar-refractivity contribution in [3.05, 3.63) is 41.5 Å². The number of benzene rings is 1. The summed E-state index contributed by atoms with van der Waals surface area (Å²) in [6.07, 6.45) is 4.61. The van der Waals surface area contributed by atoms with Gasteiger partial charge in [-0.3, -0.25) is 0 Å². The molecule has 0 radical (unpaired) electrons. The fourth-order valence-electron chi connectivity index (χ4n) is 2.54. The molecule has 1 atom stereocenters. The maximum absolute atomic E-state index is 5.28. The average Bonchev–Trinajstić information content (AvgIpc) is 2.97. The number of ether oxygens (including phenoxy) is 1. The van der Waals surface area contributed by atoms with Gasteiger partial charge in [-0.05, 0) is 42.5 Å². The van der Waals surface area contributed by atoms with Crippen molar-refractivity contribution in [3.63, 3.8) is 0 Å². The molecule has 0 spiro atoms. The van der Waals surface area contributed by atoms with Gasteiger partial charge in [-0.25, -0.2) is 0 Å². The molecule has 100 valence electrons. The fraction of sp³-hybridized carbons (Fsp3) is 0.429. The Balaban J connectivity index is 1.64. The van der Waals surface area contributed by atoms with E-state index >= 15 is 0 Å². The number of methoxy groups -OCH3 is 1. The van der Waals surface area contributed by atoms with E-state index in [1.54, 1.807) is 7.11 Å². The van der Waals surface area contributed by atoms with Gasteiger partial charge in [0.25, 0.3) is 0 Å². The Morgan fingerprint density at radius 1 is 1.42 bits per heavy atom. The van der Waals surface area contributed by atoms with Crippen LogP contribution in [0.25, 0.3) is 0 Å². The lowest BCUT2D eigenvalue weighted by molar-refractivity contribution is 0.396. The lowest BCUT2D eigenvalue weighted by atomic mass is 9.88. The van der Waals surface area contributed by atoms with E-state index in [0.29, 0.717) is 18.4 Å². The number of aromatic nitrogens is 2. The predicted octanol–water partition coefficient (Wildman–Crippen LogP) is 1.73. The molecular formula is C14H17N3O2. The van der Waals surface area contributed by atoms with Gasteiger partial charge in [0.05, 0.1) is 13.7 Å². The summed E-state index contributed by atoms with van der Waals surface area (Å²) in [5, 5.41) is 7.28. The zero-order valence-electron chi connectivity index (χ0n) is 10.9. The molecule has 1 N–H and O–H groups in total. The van der Waals surface area contributed by atoms with Crippen molar-refractivity contribution in [1.29, 1.82) is 0 Å². The standard InChI is InChI=1S/C14H17N3O2/c1-18-13-5-3-10-2-4-12(6-11(10)7-13)15-8-14-16-9-19-17-14/h3,5,7,9,12,15H,2,4,6,8H2,1H3. The maximum Gasteiger partial charge on any atom is 0.213 e. The molecule has 1 heterocycles. The molecule has 1 aromatic carbocycles. The second-order valence-corrected chi connectivity index (χ2v) is 4.80. The van der Waals surface area contributed by atoms with Crippen LogP contribution in [-0.4, -0.2) is 23.3 Å². The Hall–Kier alpha value is -1.88. The smallest absolute Gasteiger partial charge is 0.213 e. The van der Waals surface area contributed by atoms with E-state index in [1.165, 1.54) is 17.5 Å². The molecule has 1 aliphatic carbocycles. The second kappa shape index (κ2) is 5.40. The predicted molar refractivity (Wildman–Crippen MR) is 69.9 cm³/mol. The molecule has 0 saturated heterocycles. The molecule has 19 heavy (non-hydrogen) atoms. The Labute approximate surface area is 112 Å². The van der Waals surface area contributed by atoms with Gasteiger partial charge in [0.2, 0.25) is 6.39 Å². The minimum atomic E-state index is 0.457. The summed E-state index contributed by atoms with van der Waals surface area (Å²) in [5.41, 5.74) is 2.80. The SMILES string of the molecule is COc1ccc2c(c1)CC(NCc1ncon1)CC2. The van der Waals surface area contributed by atoms with Gasteiger partial charge in [0.15, 0.2) is 5.82 Å². The van der Waals surface area contributed by atoms with Crippen LogP contribution in [-0.2, 0) is 19.4 Å². The number of hydrogen-bond acceptors (Lipinski definition) is 5. The highest BCUT2D eigenvalue weighted by atomic mass is 16.5. The molecule has 2 aromatic rings. The molecule has 0 bridgehead atoms. The van der Waals surface area contributed by atoms with E-state index in [0.717, 1.165) is 25.0 Å². The zero-order valence-corrected chi connectivity index (χ0v) is 10.9. The molecule has 0 saturated carbocycles. The first-order chi connectivity index (χ1) is 9.35. The van der Waals surface area contributed by atoms with Crippen molar-refractivity contribution >= 4 is 0 Å². The summed E-state index contributed by atoms with van der Waals surface area (Å²) in [5.74, 6) is 1.63. The number of aryl methyl sites for hydroxylation is 1. The minimum absolute atomic E-state index is 0.457. The topological polar surface area (TPSA) is 60.2 Å². The first kappa shape index (κ1) is 12.2. The summed E-state index contributed by atoms with van der Waals surface area (Å²) in [6.45, 7) is 0.653. The van der Waals surface area contributed by atoms with Crippen LogP contribution in [0.15, 0.2) is 29.1 Å². The quantitative estimate of drug-likeness (QED) is 0.906. The van der Waals surface area contributed by atoms with Crippen LogP contribution in [0, 0.1) is 0 Å². The molecule has 0 fully saturated rings. The number of nitrogens with zero attached hydrogens (tertiary/aromatic N) is 2. The van der Waals surface area contributed by atoms with E-state index < -0.39 is 0 Å². The summed E-state index contributed by atoms with van der Waals surface area (Å²) in [6, 6.07) is 6.80. The number of rotatable bonds is 4. The third-order valence-corrected chi connectivity index (χ3v) is 3.60. The minimum Gasteiger partial charge on any atom is -0.497 e. The van der Waals surface area contributed by atoms with E-state index in [-0.39, 0.29) is 0 Å². The van der Waals surface area contributed by atoms with Crippen LogP contribution >= 0.6 is 0 Å². The third kappa shape index (κ3) is 2.76. The highest BCUT2D eigenvalue weighted by molar-refractivity contribution is 5.37. The van der Waals surface area contributed by atoms with E-state index in [1.807, 2.05) is 6.07 Å². The van der Waals surface area contributed by atoms with Crippen molar-refractivity contribution in [2.75, 3.05) is 7.11 Å². The number of fused-ring (bicyclic) bond motifs is 1. The second-order valence-electron chi connectivity index (χ2n) is 4.80. The molecule has 1 aliphatic rings. The van der Waals surface area contributed by atoms with Crippen molar-refractivity contribution in [1.82, 2.24) is 15.5 Å². The van der Waals surface area contributed by atoms with Crippen molar-refractivity contribution in [2.24, 2.45) is 0 Å². The van der Waals surface area contributed by atoms with Gasteiger partial charge in [0, 0.05) is 6.04 Å². The monoisotopic (exact) mass is 259 g/mol. The Morgan fingerprint density at radius 2 is 2.37 bits per heavy atom. The van der Waals surface area contributed by atoms with Crippen molar-refractivity contribution in [3.8, 4) is 5.75 Å². The Kier molecular flexibility index (Phi) is 3.46. The summed E-state index contributed by atoms with van der Waals surface area (Å²) < 4.78 is 10.0. The van der Waals surface area contributed by atoms with Crippen LogP contribution < -0.4 is 10.1 Å². The molecule has 0 aliphatic heterocycles. The Morgan fingerprint density at radius 3 is 3.16 bits per heavy atom.